The molecule has 0 aliphatic heterocycles. The van der Waals surface area contributed by atoms with Crippen molar-refractivity contribution in [3.05, 3.63) is 42.7 Å². The van der Waals surface area contributed by atoms with Crippen molar-refractivity contribution in [2.45, 2.75) is 6.54 Å². The fourth-order valence-electron chi connectivity index (χ4n) is 1.57. The predicted octanol–water partition coefficient (Wildman–Crippen LogP) is 2.19. The van der Waals surface area contributed by atoms with Gasteiger partial charge in [-0.25, -0.2) is 4.98 Å². The Morgan fingerprint density at radius 1 is 1.25 bits per heavy atom. The van der Waals surface area contributed by atoms with Gasteiger partial charge in [0.1, 0.15) is 5.82 Å². The zero-order valence-corrected chi connectivity index (χ0v) is 10.1. The quantitative estimate of drug-likeness (QED) is 0.884. The second-order valence-electron chi connectivity index (χ2n) is 3.41. The highest BCUT2D eigenvalue weighted by Crippen LogP contribution is 2.16. The Morgan fingerprint density at radius 2 is 2.00 bits per heavy atom. The number of hydrogen-bond acceptors (Lipinski definition) is 2. The van der Waals surface area contributed by atoms with Gasteiger partial charge in [0.25, 0.3) is 0 Å². The summed E-state index contributed by atoms with van der Waals surface area (Å²) < 4.78 is 2.16. The first kappa shape index (κ1) is 12.7. The maximum absolute atomic E-state index is 4.37. The van der Waals surface area contributed by atoms with Gasteiger partial charge in [-0.2, -0.15) is 0 Å². The maximum Gasteiger partial charge on any atom is 0.139 e. The first-order valence-corrected chi connectivity index (χ1v) is 5.13. The Morgan fingerprint density at radius 3 is 2.69 bits per heavy atom. The molecule has 16 heavy (non-hydrogen) atoms. The van der Waals surface area contributed by atoms with Crippen LogP contribution in [0.5, 0.6) is 0 Å². The highest BCUT2D eigenvalue weighted by atomic mass is 35.5. The van der Waals surface area contributed by atoms with Gasteiger partial charge in [-0.3, -0.25) is 0 Å². The highest BCUT2D eigenvalue weighted by molar-refractivity contribution is 5.85. The molecule has 1 heterocycles. The third-order valence-electron chi connectivity index (χ3n) is 2.35. The van der Waals surface area contributed by atoms with E-state index in [1.807, 2.05) is 37.6 Å². The fourth-order valence-corrected chi connectivity index (χ4v) is 1.57. The summed E-state index contributed by atoms with van der Waals surface area (Å²) in [6.45, 7) is 1.90. The number of benzene rings is 1. The minimum absolute atomic E-state index is 0. The Bertz CT molecular complexity index is 411. The summed E-state index contributed by atoms with van der Waals surface area (Å²) in [7, 11) is 1.96. The van der Waals surface area contributed by atoms with E-state index >= 15 is 0 Å². The van der Waals surface area contributed by atoms with Gasteiger partial charge in [-0.15, -0.1) is 12.4 Å². The lowest BCUT2D eigenvalue weighted by Gasteiger charge is -2.06. The molecule has 1 aromatic carbocycles. The Balaban J connectivity index is 0.00000128. The van der Waals surface area contributed by atoms with Crippen molar-refractivity contribution in [3.8, 4) is 11.4 Å². The van der Waals surface area contributed by atoms with Gasteiger partial charge in [0.05, 0.1) is 0 Å². The Kier molecular flexibility index (Phi) is 5.02. The normalized spacial score (nSPS) is 9.81. The van der Waals surface area contributed by atoms with E-state index in [4.69, 9.17) is 0 Å². The highest BCUT2D eigenvalue weighted by Gasteiger charge is 2.03. The number of hydrogen-bond donors (Lipinski definition) is 1. The average Bonchev–Trinajstić information content (AvgIpc) is 2.75. The van der Waals surface area contributed by atoms with Gasteiger partial charge in [0.2, 0.25) is 0 Å². The predicted molar refractivity (Wildman–Crippen MR) is 68.8 cm³/mol. The van der Waals surface area contributed by atoms with Crippen molar-refractivity contribution in [3.63, 3.8) is 0 Å². The fraction of sp³-hybridized carbons (Fsp3) is 0.250. The summed E-state index contributed by atoms with van der Waals surface area (Å²) in [4.78, 5) is 4.37. The summed E-state index contributed by atoms with van der Waals surface area (Å²) in [6.07, 6.45) is 3.86. The average molecular weight is 238 g/mol. The summed E-state index contributed by atoms with van der Waals surface area (Å²) in [5, 5.41) is 3.14. The second kappa shape index (κ2) is 6.30. The first-order chi connectivity index (χ1) is 7.42. The van der Waals surface area contributed by atoms with Crippen LogP contribution in [0.2, 0.25) is 0 Å². The van der Waals surface area contributed by atoms with Crippen LogP contribution < -0.4 is 5.32 Å². The summed E-state index contributed by atoms with van der Waals surface area (Å²) in [6, 6.07) is 10.2. The number of nitrogens with zero attached hydrogens (tertiary/aromatic N) is 2. The zero-order chi connectivity index (χ0) is 10.5. The molecular formula is C12H16ClN3. The molecule has 0 fully saturated rings. The van der Waals surface area contributed by atoms with Crippen LogP contribution in [0.1, 0.15) is 0 Å². The minimum atomic E-state index is 0. The molecule has 1 N–H and O–H groups in total. The largest absolute Gasteiger partial charge is 0.330 e. The SMILES string of the molecule is CNCCn1ccnc1-c1ccccc1.Cl. The summed E-state index contributed by atoms with van der Waals surface area (Å²) in [5.74, 6) is 1.03. The van der Waals surface area contributed by atoms with Crippen LogP contribution in [0.25, 0.3) is 11.4 Å². The van der Waals surface area contributed by atoms with Crippen LogP contribution in [0, 0.1) is 0 Å². The maximum atomic E-state index is 4.37. The molecule has 0 aliphatic rings. The molecule has 2 aromatic rings. The molecule has 0 unspecified atom stereocenters. The van der Waals surface area contributed by atoms with Crippen molar-refractivity contribution in [2.24, 2.45) is 0 Å². The van der Waals surface area contributed by atoms with Crippen LogP contribution in [0.4, 0.5) is 0 Å². The van der Waals surface area contributed by atoms with Gasteiger partial charge in [0, 0.05) is 31.0 Å². The van der Waals surface area contributed by atoms with E-state index in [-0.39, 0.29) is 12.4 Å². The molecule has 0 radical (unpaired) electrons. The first-order valence-electron chi connectivity index (χ1n) is 5.13. The molecule has 0 atom stereocenters. The molecule has 4 heteroatoms. The smallest absolute Gasteiger partial charge is 0.139 e. The zero-order valence-electron chi connectivity index (χ0n) is 9.26. The molecule has 3 nitrogen and oxygen atoms in total. The molecule has 0 spiro atoms. The number of likely N-dealkylation sites (N-methyl/N-ethyl adjacent to an activating group) is 1. The number of aromatic nitrogens is 2. The Hall–Kier alpha value is -1.32. The molecule has 2 rings (SSSR count). The van der Waals surface area contributed by atoms with E-state index in [1.54, 1.807) is 0 Å². The molecule has 0 saturated carbocycles. The van der Waals surface area contributed by atoms with E-state index in [0.717, 1.165) is 18.9 Å². The number of imidazole rings is 1. The van der Waals surface area contributed by atoms with Crippen LogP contribution >= 0.6 is 12.4 Å². The second-order valence-corrected chi connectivity index (χ2v) is 3.41. The summed E-state index contributed by atoms with van der Waals surface area (Å²) in [5.41, 5.74) is 1.17. The van der Waals surface area contributed by atoms with Crippen molar-refractivity contribution < 1.29 is 0 Å². The number of rotatable bonds is 4. The van der Waals surface area contributed by atoms with Gasteiger partial charge >= 0.3 is 0 Å². The van der Waals surface area contributed by atoms with Crippen molar-refractivity contribution in [1.82, 2.24) is 14.9 Å². The van der Waals surface area contributed by atoms with E-state index in [1.165, 1.54) is 5.56 Å². The van der Waals surface area contributed by atoms with E-state index in [2.05, 4.69) is 27.0 Å². The Labute approximate surface area is 102 Å². The van der Waals surface area contributed by atoms with Gasteiger partial charge in [-0.1, -0.05) is 30.3 Å². The number of nitrogens with one attached hydrogen (secondary N) is 1. The van der Waals surface area contributed by atoms with Crippen LogP contribution in [-0.4, -0.2) is 23.1 Å². The lowest BCUT2D eigenvalue weighted by Crippen LogP contribution is -2.15. The van der Waals surface area contributed by atoms with Gasteiger partial charge in [0.15, 0.2) is 0 Å². The number of halogens is 1. The molecule has 0 saturated heterocycles. The third-order valence-corrected chi connectivity index (χ3v) is 2.35. The van der Waals surface area contributed by atoms with Crippen LogP contribution in [0.3, 0.4) is 0 Å². The topological polar surface area (TPSA) is 29.9 Å². The van der Waals surface area contributed by atoms with Gasteiger partial charge < -0.3 is 9.88 Å². The molecule has 1 aromatic heterocycles. The standard InChI is InChI=1S/C12H15N3.ClH/c1-13-7-9-15-10-8-14-12(15)11-5-3-2-4-6-11;/h2-6,8,10,13H,7,9H2,1H3;1H. The van der Waals surface area contributed by atoms with E-state index < -0.39 is 0 Å². The molecular weight excluding hydrogens is 222 g/mol. The summed E-state index contributed by atoms with van der Waals surface area (Å²) >= 11 is 0. The lowest BCUT2D eigenvalue weighted by atomic mass is 10.2. The molecule has 0 aliphatic carbocycles. The molecule has 0 amide bonds. The van der Waals surface area contributed by atoms with Crippen LogP contribution in [-0.2, 0) is 6.54 Å². The third kappa shape index (κ3) is 2.84. The van der Waals surface area contributed by atoms with Gasteiger partial charge in [-0.05, 0) is 7.05 Å². The minimum Gasteiger partial charge on any atom is -0.330 e. The van der Waals surface area contributed by atoms with Crippen molar-refractivity contribution in [1.29, 1.82) is 0 Å². The van der Waals surface area contributed by atoms with Crippen LogP contribution in [0.15, 0.2) is 42.7 Å². The lowest BCUT2D eigenvalue weighted by molar-refractivity contribution is 0.649. The van der Waals surface area contributed by atoms with Crippen molar-refractivity contribution >= 4 is 12.4 Å². The van der Waals surface area contributed by atoms with Crippen molar-refractivity contribution in [2.75, 3.05) is 13.6 Å². The van der Waals surface area contributed by atoms with E-state index in [9.17, 15) is 0 Å². The molecule has 0 bridgehead atoms. The van der Waals surface area contributed by atoms with E-state index in [0.29, 0.717) is 0 Å². The molecule has 86 valence electrons. The monoisotopic (exact) mass is 237 g/mol.